The number of ether oxygens (including phenoxy) is 1. The van der Waals surface area contributed by atoms with Gasteiger partial charge in [-0.05, 0) is 50.3 Å². The normalized spacial score (nSPS) is 20.4. The molecule has 6 heteroatoms. The Balaban J connectivity index is 1.77. The lowest BCUT2D eigenvalue weighted by atomic mass is 10.1. The summed E-state index contributed by atoms with van der Waals surface area (Å²) < 4.78 is 5.58. The van der Waals surface area contributed by atoms with E-state index in [-0.39, 0.29) is 17.9 Å². The molecule has 2 fully saturated rings. The summed E-state index contributed by atoms with van der Waals surface area (Å²) in [5, 5.41) is 5.81. The molecule has 2 N–H and O–H groups in total. The minimum absolute atomic E-state index is 0.0783. The fraction of sp³-hybridized carbons (Fsp3) is 0.579. The van der Waals surface area contributed by atoms with Crippen molar-refractivity contribution in [2.45, 2.75) is 45.1 Å². The molecule has 0 spiro atoms. The summed E-state index contributed by atoms with van der Waals surface area (Å²) in [5.74, 6) is -0.189. The summed E-state index contributed by atoms with van der Waals surface area (Å²) in [7, 11) is 0. The molecule has 2 saturated heterocycles. The molecular weight excluding hydrogens is 318 g/mol. The number of nitrogens with zero attached hydrogens (tertiary/aromatic N) is 1. The lowest BCUT2D eigenvalue weighted by molar-refractivity contribution is -0.114. The molecule has 0 radical (unpaired) electrons. The van der Waals surface area contributed by atoms with Crippen LogP contribution in [0.4, 0.5) is 11.4 Å². The zero-order valence-electron chi connectivity index (χ0n) is 14.8. The van der Waals surface area contributed by atoms with Crippen molar-refractivity contribution in [3.8, 4) is 0 Å². The number of anilines is 2. The van der Waals surface area contributed by atoms with Crippen molar-refractivity contribution in [2.24, 2.45) is 0 Å². The van der Waals surface area contributed by atoms with E-state index in [1.165, 1.54) is 13.3 Å². The summed E-state index contributed by atoms with van der Waals surface area (Å²) in [5.41, 5.74) is 2.29. The standard InChI is InChI=1S/C19H27N3O3/c1-14(23)21-15-7-8-17(18(12-15)22-9-3-2-4-10-22)19(24)20-13-16-6-5-11-25-16/h7-8,12,16H,2-6,9-11,13H2,1H3,(H,20,24)(H,21,23). The number of nitrogens with one attached hydrogen (secondary N) is 2. The van der Waals surface area contributed by atoms with Crippen LogP contribution in [-0.2, 0) is 9.53 Å². The van der Waals surface area contributed by atoms with Crippen molar-refractivity contribution >= 4 is 23.2 Å². The fourth-order valence-corrected chi connectivity index (χ4v) is 3.51. The van der Waals surface area contributed by atoms with Crippen molar-refractivity contribution in [3.63, 3.8) is 0 Å². The lowest BCUT2D eigenvalue weighted by Crippen LogP contribution is -2.35. The summed E-state index contributed by atoms with van der Waals surface area (Å²) in [6, 6.07) is 5.50. The number of benzene rings is 1. The molecule has 0 saturated carbocycles. The number of hydrogen-bond donors (Lipinski definition) is 2. The molecule has 2 aliphatic heterocycles. The topological polar surface area (TPSA) is 70.7 Å². The monoisotopic (exact) mass is 345 g/mol. The highest BCUT2D eigenvalue weighted by Crippen LogP contribution is 2.28. The van der Waals surface area contributed by atoms with E-state index < -0.39 is 0 Å². The molecule has 0 aliphatic carbocycles. The number of rotatable bonds is 5. The first-order valence-corrected chi connectivity index (χ1v) is 9.20. The number of piperidine rings is 1. The maximum atomic E-state index is 12.7. The Hall–Kier alpha value is -2.08. The smallest absolute Gasteiger partial charge is 0.253 e. The number of carbonyl (C=O) groups excluding carboxylic acids is 2. The SMILES string of the molecule is CC(=O)Nc1ccc(C(=O)NCC2CCCO2)c(N2CCCCC2)c1. The van der Waals surface area contributed by atoms with Gasteiger partial charge in [0, 0.05) is 38.9 Å². The van der Waals surface area contributed by atoms with Gasteiger partial charge in [0.05, 0.1) is 17.4 Å². The van der Waals surface area contributed by atoms with Gasteiger partial charge in [0.25, 0.3) is 5.91 Å². The molecule has 0 aromatic heterocycles. The first-order valence-electron chi connectivity index (χ1n) is 9.20. The van der Waals surface area contributed by atoms with Gasteiger partial charge in [-0.1, -0.05) is 0 Å². The van der Waals surface area contributed by atoms with E-state index in [2.05, 4.69) is 15.5 Å². The van der Waals surface area contributed by atoms with Crippen LogP contribution in [0.5, 0.6) is 0 Å². The predicted molar refractivity (Wildman–Crippen MR) is 98.1 cm³/mol. The Morgan fingerprint density at radius 2 is 2.00 bits per heavy atom. The molecule has 1 atom stereocenters. The summed E-state index contributed by atoms with van der Waals surface area (Å²) in [6.45, 7) is 4.70. The highest BCUT2D eigenvalue weighted by atomic mass is 16.5. The number of hydrogen-bond acceptors (Lipinski definition) is 4. The van der Waals surface area contributed by atoms with Gasteiger partial charge in [0.1, 0.15) is 0 Å². The molecule has 6 nitrogen and oxygen atoms in total. The van der Waals surface area contributed by atoms with E-state index in [4.69, 9.17) is 4.74 Å². The third kappa shape index (κ3) is 4.72. The summed E-state index contributed by atoms with van der Waals surface area (Å²) in [4.78, 5) is 26.3. The molecule has 2 heterocycles. The van der Waals surface area contributed by atoms with Crippen LogP contribution in [0.3, 0.4) is 0 Å². The average molecular weight is 345 g/mol. The third-order valence-electron chi connectivity index (χ3n) is 4.77. The molecule has 0 bridgehead atoms. The van der Waals surface area contributed by atoms with Crippen LogP contribution in [0, 0.1) is 0 Å². The van der Waals surface area contributed by atoms with Crippen LogP contribution >= 0.6 is 0 Å². The largest absolute Gasteiger partial charge is 0.376 e. The molecule has 1 aromatic rings. The van der Waals surface area contributed by atoms with Gasteiger partial charge in [-0.3, -0.25) is 9.59 Å². The lowest BCUT2D eigenvalue weighted by Gasteiger charge is -2.30. The first-order chi connectivity index (χ1) is 12.1. The van der Waals surface area contributed by atoms with E-state index in [0.29, 0.717) is 12.1 Å². The van der Waals surface area contributed by atoms with E-state index in [1.54, 1.807) is 12.1 Å². The fourth-order valence-electron chi connectivity index (χ4n) is 3.51. The van der Waals surface area contributed by atoms with Gasteiger partial charge in [-0.25, -0.2) is 0 Å². The molecular formula is C19H27N3O3. The Morgan fingerprint density at radius 1 is 1.20 bits per heavy atom. The number of amides is 2. The van der Waals surface area contributed by atoms with Crippen LogP contribution in [-0.4, -0.2) is 44.2 Å². The Kier molecular flexibility index (Phi) is 5.91. The second-order valence-electron chi connectivity index (χ2n) is 6.81. The number of carbonyl (C=O) groups is 2. The zero-order valence-corrected chi connectivity index (χ0v) is 14.8. The maximum absolute atomic E-state index is 12.7. The average Bonchev–Trinajstić information content (AvgIpc) is 3.13. The molecule has 1 unspecified atom stereocenters. The molecule has 25 heavy (non-hydrogen) atoms. The van der Waals surface area contributed by atoms with Gasteiger partial charge in [-0.15, -0.1) is 0 Å². The summed E-state index contributed by atoms with van der Waals surface area (Å²) in [6.07, 6.45) is 5.66. The Morgan fingerprint density at radius 3 is 2.68 bits per heavy atom. The van der Waals surface area contributed by atoms with Gasteiger partial charge < -0.3 is 20.3 Å². The quantitative estimate of drug-likeness (QED) is 0.860. The first kappa shape index (κ1) is 17.7. The van der Waals surface area contributed by atoms with Crippen molar-refractivity contribution < 1.29 is 14.3 Å². The van der Waals surface area contributed by atoms with E-state index in [1.807, 2.05) is 6.07 Å². The highest BCUT2D eigenvalue weighted by Gasteiger charge is 2.21. The Labute approximate surface area is 148 Å². The zero-order chi connectivity index (χ0) is 17.6. The molecule has 136 valence electrons. The van der Waals surface area contributed by atoms with Crippen LogP contribution in [0.2, 0.25) is 0 Å². The molecule has 2 aliphatic rings. The van der Waals surface area contributed by atoms with Crippen molar-refractivity contribution in [1.82, 2.24) is 5.32 Å². The van der Waals surface area contributed by atoms with Crippen molar-refractivity contribution in [3.05, 3.63) is 23.8 Å². The van der Waals surface area contributed by atoms with Crippen LogP contribution in [0.15, 0.2) is 18.2 Å². The van der Waals surface area contributed by atoms with Gasteiger partial charge >= 0.3 is 0 Å². The van der Waals surface area contributed by atoms with E-state index in [0.717, 1.165) is 56.8 Å². The second-order valence-corrected chi connectivity index (χ2v) is 6.81. The molecule has 2 amide bonds. The summed E-state index contributed by atoms with van der Waals surface area (Å²) >= 11 is 0. The van der Waals surface area contributed by atoms with Crippen molar-refractivity contribution in [2.75, 3.05) is 36.5 Å². The third-order valence-corrected chi connectivity index (χ3v) is 4.77. The minimum atomic E-state index is -0.111. The minimum Gasteiger partial charge on any atom is -0.376 e. The molecule has 3 rings (SSSR count). The highest BCUT2D eigenvalue weighted by molar-refractivity contribution is 6.01. The van der Waals surface area contributed by atoms with Crippen LogP contribution < -0.4 is 15.5 Å². The Bertz CT molecular complexity index is 620. The van der Waals surface area contributed by atoms with E-state index >= 15 is 0 Å². The molecule has 1 aromatic carbocycles. The second kappa shape index (κ2) is 8.34. The van der Waals surface area contributed by atoms with Gasteiger partial charge in [-0.2, -0.15) is 0 Å². The van der Waals surface area contributed by atoms with Crippen LogP contribution in [0.1, 0.15) is 49.4 Å². The predicted octanol–water partition coefficient (Wildman–Crippen LogP) is 2.54. The van der Waals surface area contributed by atoms with E-state index in [9.17, 15) is 9.59 Å². The van der Waals surface area contributed by atoms with Gasteiger partial charge in [0.15, 0.2) is 0 Å². The van der Waals surface area contributed by atoms with Crippen molar-refractivity contribution in [1.29, 1.82) is 0 Å². The van der Waals surface area contributed by atoms with Crippen LogP contribution in [0.25, 0.3) is 0 Å². The van der Waals surface area contributed by atoms with Gasteiger partial charge in [0.2, 0.25) is 5.91 Å². The maximum Gasteiger partial charge on any atom is 0.253 e.